The summed E-state index contributed by atoms with van der Waals surface area (Å²) in [4.78, 5) is 25.4. The fourth-order valence-electron chi connectivity index (χ4n) is 3.97. The van der Waals surface area contributed by atoms with Crippen molar-refractivity contribution >= 4 is 27.6 Å². The fraction of sp³-hybridized carbons (Fsp3) is 0.417. The first kappa shape index (κ1) is 23.9. The Bertz CT molecular complexity index is 1030. The number of piperidine rings is 1. The van der Waals surface area contributed by atoms with Gasteiger partial charge in [-0.05, 0) is 55.4 Å². The molecule has 0 aromatic heterocycles. The molecule has 8 heteroatoms. The van der Waals surface area contributed by atoms with Crippen molar-refractivity contribution in [3.63, 3.8) is 0 Å². The number of esters is 1. The van der Waals surface area contributed by atoms with Gasteiger partial charge >= 0.3 is 5.97 Å². The SMILES string of the molecule is CCc1cccc(CC)c1NC(=O)COC(=O)C1CCCCN1S(=O)(=O)c1ccccc1. The zero-order chi connectivity index (χ0) is 23.1. The summed E-state index contributed by atoms with van der Waals surface area (Å²) in [6.45, 7) is 3.80. The van der Waals surface area contributed by atoms with Crippen LogP contribution in [0.25, 0.3) is 0 Å². The van der Waals surface area contributed by atoms with Crippen molar-refractivity contribution in [2.24, 2.45) is 0 Å². The van der Waals surface area contributed by atoms with Gasteiger partial charge in [0.05, 0.1) is 4.90 Å². The number of aryl methyl sites for hydroxylation is 2. The van der Waals surface area contributed by atoms with Crippen molar-refractivity contribution in [1.82, 2.24) is 4.31 Å². The summed E-state index contributed by atoms with van der Waals surface area (Å²) in [5.41, 5.74) is 2.78. The minimum Gasteiger partial charge on any atom is -0.454 e. The molecule has 1 aliphatic rings. The van der Waals surface area contributed by atoms with Gasteiger partial charge in [-0.3, -0.25) is 9.59 Å². The summed E-state index contributed by atoms with van der Waals surface area (Å²) < 4.78 is 32.6. The Morgan fingerprint density at radius 2 is 1.66 bits per heavy atom. The van der Waals surface area contributed by atoms with Gasteiger partial charge < -0.3 is 10.1 Å². The maximum absolute atomic E-state index is 13.1. The van der Waals surface area contributed by atoms with E-state index in [0.717, 1.165) is 36.1 Å². The van der Waals surface area contributed by atoms with E-state index in [0.29, 0.717) is 12.8 Å². The lowest BCUT2D eigenvalue weighted by molar-refractivity contribution is -0.152. The smallest absolute Gasteiger partial charge is 0.324 e. The number of carbonyl (C=O) groups is 2. The first-order valence-electron chi connectivity index (χ1n) is 11.0. The highest BCUT2D eigenvalue weighted by molar-refractivity contribution is 7.89. The van der Waals surface area contributed by atoms with Crippen LogP contribution in [0.3, 0.4) is 0 Å². The number of nitrogens with one attached hydrogen (secondary N) is 1. The molecule has 0 spiro atoms. The van der Waals surface area contributed by atoms with Gasteiger partial charge in [0.2, 0.25) is 10.0 Å². The van der Waals surface area contributed by atoms with Crippen molar-refractivity contribution in [3.8, 4) is 0 Å². The van der Waals surface area contributed by atoms with E-state index >= 15 is 0 Å². The second kappa shape index (κ2) is 10.7. The number of ether oxygens (including phenoxy) is 1. The van der Waals surface area contributed by atoms with E-state index in [1.165, 1.54) is 16.4 Å². The normalized spacial score (nSPS) is 17.0. The van der Waals surface area contributed by atoms with E-state index in [1.807, 2.05) is 32.0 Å². The van der Waals surface area contributed by atoms with Gasteiger partial charge in [-0.2, -0.15) is 4.31 Å². The zero-order valence-electron chi connectivity index (χ0n) is 18.5. The van der Waals surface area contributed by atoms with Crippen LogP contribution in [0.1, 0.15) is 44.2 Å². The third-order valence-electron chi connectivity index (χ3n) is 5.68. The molecule has 1 fully saturated rings. The van der Waals surface area contributed by atoms with Gasteiger partial charge in [-0.15, -0.1) is 0 Å². The number of rotatable bonds is 8. The molecule has 3 rings (SSSR count). The zero-order valence-corrected chi connectivity index (χ0v) is 19.4. The van der Waals surface area contributed by atoms with E-state index in [9.17, 15) is 18.0 Å². The quantitative estimate of drug-likeness (QED) is 0.611. The molecule has 172 valence electrons. The summed E-state index contributed by atoms with van der Waals surface area (Å²) in [6, 6.07) is 13.0. The van der Waals surface area contributed by atoms with Gasteiger partial charge in [0.15, 0.2) is 6.61 Å². The monoisotopic (exact) mass is 458 g/mol. The van der Waals surface area contributed by atoms with Crippen LogP contribution in [0.2, 0.25) is 0 Å². The predicted molar refractivity (Wildman–Crippen MR) is 123 cm³/mol. The summed E-state index contributed by atoms with van der Waals surface area (Å²) >= 11 is 0. The van der Waals surface area contributed by atoms with E-state index in [4.69, 9.17) is 4.74 Å². The van der Waals surface area contributed by atoms with Crippen LogP contribution in [-0.2, 0) is 37.2 Å². The summed E-state index contributed by atoms with van der Waals surface area (Å²) in [5.74, 6) is -1.14. The average Bonchev–Trinajstić information content (AvgIpc) is 2.83. The van der Waals surface area contributed by atoms with E-state index in [2.05, 4.69) is 5.32 Å². The molecule has 1 heterocycles. The first-order valence-corrected chi connectivity index (χ1v) is 12.5. The molecule has 0 aliphatic carbocycles. The van der Waals surface area contributed by atoms with Gasteiger partial charge in [0, 0.05) is 12.2 Å². The van der Waals surface area contributed by atoms with Crippen LogP contribution in [0.4, 0.5) is 5.69 Å². The molecule has 1 aliphatic heterocycles. The Hall–Kier alpha value is -2.71. The maximum atomic E-state index is 13.1. The van der Waals surface area contributed by atoms with Crippen molar-refractivity contribution < 1.29 is 22.7 Å². The third-order valence-corrected chi connectivity index (χ3v) is 7.61. The molecule has 1 saturated heterocycles. The second-order valence-corrected chi connectivity index (χ2v) is 9.65. The van der Waals surface area contributed by atoms with Crippen LogP contribution in [-0.4, -0.2) is 43.8 Å². The van der Waals surface area contributed by atoms with Crippen LogP contribution in [0.5, 0.6) is 0 Å². The number of anilines is 1. The molecule has 2 aromatic carbocycles. The predicted octanol–water partition coefficient (Wildman–Crippen LogP) is 3.54. The Balaban J connectivity index is 1.68. The Morgan fingerprint density at radius 1 is 1.00 bits per heavy atom. The standard InChI is InChI=1S/C24H30N2O5S/c1-3-18-11-10-12-19(4-2)23(18)25-22(27)17-31-24(28)21-15-8-9-16-26(21)32(29,30)20-13-6-5-7-14-20/h5-7,10-14,21H,3-4,8-9,15-17H2,1-2H3,(H,25,27). The molecule has 1 N–H and O–H groups in total. The van der Waals surface area contributed by atoms with Crippen molar-refractivity contribution in [2.75, 3.05) is 18.5 Å². The number of carbonyl (C=O) groups excluding carboxylic acids is 2. The highest BCUT2D eigenvalue weighted by Gasteiger charge is 2.38. The summed E-state index contributed by atoms with van der Waals surface area (Å²) in [5, 5.41) is 2.86. The minimum atomic E-state index is -3.83. The van der Waals surface area contributed by atoms with Crippen molar-refractivity contribution in [1.29, 1.82) is 0 Å². The van der Waals surface area contributed by atoms with Gasteiger partial charge in [0.25, 0.3) is 5.91 Å². The molecular weight excluding hydrogens is 428 g/mol. The number of hydrogen-bond acceptors (Lipinski definition) is 5. The third kappa shape index (κ3) is 5.37. The summed E-state index contributed by atoms with van der Waals surface area (Å²) in [7, 11) is -3.83. The topological polar surface area (TPSA) is 92.8 Å². The van der Waals surface area contributed by atoms with Crippen LogP contribution >= 0.6 is 0 Å². The Kier molecular flexibility index (Phi) is 8.04. The van der Waals surface area contributed by atoms with E-state index < -0.39 is 34.5 Å². The van der Waals surface area contributed by atoms with Crippen LogP contribution in [0, 0.1) is 0 Å². The highest BCUT2D eigenvalue weighted by Crippen LogP contribution is 2.26. The minimum absolute atomic E-state index is 0.140. The number of sulfonamides is 1. The largest absolute Gasteiger partial charge is 0.454 e. The molecule has 2 aromatic rings. The molecule has 0 radical (unpaired) electrons. The van der Waals surface area contributed by atoms with E-state index in [1.54, 1.807) is 18.2 Å². The Labute approximate surface area is 189 Å². The summed E-state index contributed by atoms with van der Waals surface area (Å²) in [6.07, 6.45) is 3.28. The lowest BCUT2D eigenvalue weighted by Crippen LogP contribution is -2.48. The fourth-order valence-corrected chi connectivity index (χ4v) is 5.64. The molecule has 0 saturated carbocycles. The maximum Gasteiger partial charge on any atom is 0.324 e. The highest BCUT2D eigenvalue weighted by atomic mass is 32.2. The lowest BCUT2D eigenvalue weighted by atomic mass is 10.0. The van der Waals surface area contributed by atoms with Gasteiger partial charge in [-0.1, -0.05) is 50.2 Å². The lowest BCUT2D eigenvalue weighted by Gasteiger charge is -2.32. The second-order valence-electron chi connectivity index (χ2n) is 7.75. The molecule has 7 nitrogen and oxygen atoms in total. The number of para-hydroxylation sites is 1. The Morgan fingerprint density at radius 3 is 2.28 bits per heavy atom. The number of amides is 1. The number of benzene rings is 2. The molecule has 1 unspecified atom stereocenters. The van der Waals surface area contributed by atoms with Gasteiger partial charge in [-0.25, -0.2) is 8.42 Å². The molecule has 0 bridgehead atoms. The van der Waals surface area contributed by atoms with E-state index in [-0.39, 0.29) is 11.4 Å². The number of nitrogens with zero attached hydrogens (tertiary/aromatic N) is 1. The molecule has 32 heavy (non-hydrogen) atoms. The van der Waals surface area contributed by atoms with Gasteiger partial charge in [0.1, 0.15) is 6.04 Å². The first-order chi connectivity index (χ1) is 15.4. The van der Waals surface area contributed by atoms with Crippen molar-refractivity contribution in [3.05, 3.63) is 59.7 Å². The van der Waals surface area contributed by atoms with Crippen LogP contribution < -0.4 is 5.32 Å². The van der Waals surface area contributed by atoms with Crippen molar-refractivity contribution in [2.45, 2.75) is 56.9 Å². The molecule has 1 atom stereocenters. The number of hydrogen-bond donors (Lipinski definition) is 1. The molecular formula is C24H30N2O5S. The molecule has 1 amide bonds. The average molecular weight is 459 g/mol. The van der Waals surface area contributed by atoms with Crippen LogP contribution in [0.15, 0.2) is 53.4 Å².